The van der Waals surface area contributed by atoms with Gasteiger partial charge in [0, 0.05) is 6.54 Å². The minimum Gasteiger partial charge on any atom is -0.481 e. The van der Waals surface area contributed by atoms with E-state index in [0.29, 0.717) is 6.54 Å². The Hall–Kier alpha value is -1.74. The summed E-state index contributed by atoms with van der Waals surface area (Å²) in [5.74, 6) is 1.62. The molecule has 0 saturated heterocycles. The van der Waals surface area contributed by atoms with Gasteiger partial charge in [-0.2, -0.15) is 0 Å². The number of benzene rings is 1. The molecule has 1 heterocycles. The van der Waals surface area contributed by atoms with E-state index < -0.39 is 0 Å². The molecule has 2 N–H and O–H groups in total. The maximum absolute atomic E-state index is 5.90. The summed E-state index contributed by atoms with van der Waals surface area (Å²) in [4.78, 5) is 0. The lowest BCUT2D eigenvalue weighted by Crippen LogP contribution is -2.18. The zero-order valence-electron chi connectivity index (χ0n) is 10.1. The first-order valence-electron chi connectivity index (χ1n) is 5.68. The minimum atomic E-state index is -0.231. The first-order valence-corrected chi connectivity index (χ1v) is 5.68. The smallest absolute Gasteiger partial charge is 0.168 e. The van der Waals surface area contributed by atoms with Crippen molar-refractivity contribution in [3.8, 4) is 5.75 Å². The van der Waals surface area contributed by atoms with Gasteiger partial charge in [-0.3, -0.25) is 0 Å². The average Bonchev–Trinajstić information content (AvgIpc) is 2.84. The molecule has 1 aromatic carbocycles. The van der Waals surface area contributed by atoms with E-state index in [1.165, 1.54) is 5.56 Å². The highest BCUT2D eigenvalue weighted by Gasteiger charge is 2.15. The van der Waals surface area contributed by atoms with Crippen LogP contribution in [0.15, 0.2) is 41.0 Å². The van der Waals surface area contributed by atoms with Crippen molar-refractivity contribution < 1.29 is 9.15 Å². The van der Waals surface area contributed by atoms with Crippen LogP contribution in [-0.2, 0) is 0 Å². The van der Waals surface area contributed by atoms with Crippen LogP contribution in [-0.4, -0.2) is 6.54 Å². The van der Waals surface area contributed by atoms with Crippen LogP contribution in [0, 0.1) is 13.8 Å². The molecule has 2 rings (SSSR count). The molecular formula is C14H17NO2. The Morgan fingerprint density at radius 3 is 2.76 bits per heavy atom. The van der Waals surface area contributed by atoms with E-state index >= 15 is 0 Å². The van der Waals surface area contributed by atoms with Crippen molar-refractivity contribution in [1.82, 2.24) is 0 Å². The summed E-state index contributed by atoms with van der Waals surface area (Å²) >= 11 is 0. The van der Waals surface area contributed by atoms with Crippen molar-refractivity contribution in [1.29, 1.82) is 0 Å². The molecular weight excluding hydrogens is 214 g/mol. The fraction of sp³-hybridized carbons (Fsp3) is 0.286. The molecule has 17 heavy (non-hydrogen) atoms. The molecule has 0 amide bonds. The SMILES string of the molecule is Cc1ccc(C)c(OC(CN)c2ccco2)c1. The number of rotatable bonds is 4. The Kier molecular flexibility index (Phi) is 3.49. The number of hydrogen-bond donors (Lipinski definition) is 1. The second kappa shape index (κ2) is 5.06. The quantitative estimate of drug-likeness (QED) is 0.880. The number of nitrogens with two attached hydrogens (primary N) is 1. The van der Waals surface area contributed by atoms with E-state index in [4.69, 9.17) is 14.9 Å². The lowest BCUT2D eigenvalue weighted by atomic mass is 10.1. The summed E-state index contributed by atoms with van der Waals surface area (Å²) in [5.41, 5.74) is 7.98. The zero-order chi connectivity index (χ0) is 12.3. The van der Waals surface area contributed by atoms with Crippen LogP contribution >= 0.6 is 0 Å². The summed E-state index contributed by atoms with van der Waals surface area (Å²) in [6, 6.07) is 9.83. The van der Waals surface area contributed by atoms with Gasteiger partial charge in [0.2, 0.25) is 0 Å². The van der Waals surface area contributed by atoms with E-state index in [-0.39, 0.29) is 6.10 Å². The Morgan fingerprint density at radius 1 is 1.29 bits per heavy atom. The Labute approximate surface area is 101 Å². The van der Waals surface area contributed by atoms with Crippen LogP contribution in [0.5, 0.6) is 5.75 Å². The van der Waals surface area contributed by atoms with Crippen molar-refractivity contribution >= 4 is 0 Å². The first-order chi connectivity index (χ1) is 8.20. The lowest BCUT2D eigenvalue weighted by Gasteiger charge is -2.17. The standard InChI is InChI=1S/C14H17NO2/c1-10-5-6-11(2)13(8-10)17-14(9-15)12-4-3-7-16-12/h3-8,14H,9,15H2,1-2H3. The number of aryl methyl sites for hydroxylation is 2. The van der Waals surface area contributed by atoms with E-state index in [9.17, 15) is 0 Å². The van der Waals surface area contributed by atoms with Crippen molar-refractivity contribution in [3.63, 3.8) is 0 Å². The summed E-state index contributed by atoms with van der Waals surface area (Å²) in [7, 11) is 0. The maximum atomic E-state index is 5.90. The zero-order valence-corrected chi connectivity index (χ0v) is 10.1. The highest BCUT2D eigenvalue weighted by molar-refractivity contribution is 5.36. The van der Waals surface area contributed by atoms with Crippen molar-refractivity contribution in [2.75, 3.05) is 6.54 Å². The average molecular weight is 231 g/mol. The van der Waals surface area contributed by atoms with Gasteiger partial charge in [-0.1, -0.05) is 12.1 Å². The molecule has 3 nitrogen and oxygen atoms in total. The van der Waals surface area contributed by atoms with Crippen molar-refractivity contribution in [2.24, 2.45) is 5.73 Å². The third-order valence-corrected chi connectivity index (χ3v) is 2.69. The summed E-state index contributed by atoms with van der Waals surface area (Å²) < 4.78 is 11.2. The molecule has 2 aromatic rings. The summed E-state index contributed by atoms with van der Waals surface area (Å²) in [5, 5.41) is 0. The summed E-state index contributed by atoms with van der Waals surface area (Å²) in [6.07, 6.45) is 1.40. The fourth-order valence-electron chi connectivity index (χ4n) is 1.68. The molecule has 0 saturated carbocycles. The summed E-state index contributed by atoms with van der Waals surface area (Å²) in [6.45, 7) is 4.45. The predicted molar refractivity (Wildman–Crippen MR) is 67.0 cm³/mol. The van der Waals surface area contributed by atoms with Gasteiger partial charge in [0.25, 0.3) is 0 Å². The van der Waals surface area contributed by atoms with Gasteiger partial charge in [-0.15, -0.1) is 0 Å². The van der Waals surface area contributed by atoms with Gasteiger partial charge in [0.1, 0.15) is 11.5 Å². The van der Waals surface area contributed by atoms with E-state index in [1.807, 2.05) is 38.1 Å². The van der Waals surface area contributed by atoms with Gasteiger partial charge >= 0.3 is 0 Å². The maximum Gasteiger partial charge on any atom is 0.168 e. The highest BCUT2D eigenvalue weighted by Crippen LogP contribution is 2.25. The van der Waals surface area contributed by atoms with Gasteiger partial charge in [0.15, 0.2) is 6.10 Å². The molecule has 0 aliphatic rings. The molecule has 1 atom stereocenters. The second-order valence-corrected chi connectivity index (χ2v) is 4.13. The third-order valence-electron chi connectivity index (χ3n) is 2.69. The van der Waals surface area contributed by atoms with Crippen molar-refractivity contribution in [2.45, 2.75) is 20.0 Å². The van der Waals surface area contributed by atoms with Crippen LogP contribution in [0.25, 0.3) is 0 Å². The number of hydrogen-bond acceptors (Lipinski definition) is 3. The van der Waals surface area contributed by atoms with E-state index in [0.717, 1.165) is 17.1 Å². The second-order valence-electron chi connectivity index (χ2n) is 4.13. The molecule has 0 spiro atoms. The van der Waals surface area contributed by atoms with Gasteiger partial charge in [0.05, 0.1) is 6.26 Å². The molecule has 0 radical (unpaired) electrons. The molecule has 3 heteroatoms. The highest BCUT2D eigenvalue weighted by atomic mass is 16.5. The number of furan rings is 1. The minimum absolute atomic E-state index is 0.231. The van der Waals surface area contributed by atoms with Crippen LogP contribution in [0.2, 0.25) is 0 Å². The van der Waals surface area contributed by atoms with Crippen LogP contribution in [0.1, 0.15) is 23.0 Å². The van der Waals surface area contributed by atoms with Crippen molar-refractivity contribution in [3.05, 3.63) is 53.5 Å². The van der Waals surface area contributed by atoms with Crippen LogP contribution in [0.3, 0.4) is 0 Å². The molecule has 1 unspecified atom stereocenters. The Balaban J connectivity index is 2.21. The lowest BCUT2D eigenvalue weighted by molar-refractivity contribution is 0.183. The molecule has 0 bridgehead atoms. The number of ether oxygens (including phenoxy) is 1. The van der Waals surface area contributed by atoms with E-state index in [1.54, 1.807) is 6.26 Å². The molecule has 0 aliphatic heterocycles. The molecule has 0 fully saturated rings. The van der Waals surface area contributed by atoms with Crippen LogP contribution in [0.4, 0.5) is 0 Å². The first kappa shape index (κ1) is 11.7. The largest absolute Gasteiger partial charge is 0.481 e. The monoisotopic (exact) mass is 231 g/mol. The fourth-order valence-corrected chi connectivity index (χ4v) is 1.68. The van der Waals surface area contributed by atoms with Gasteiger partial charge in [-0.05, 0) is 43.2 Å². The Morgan fingerprint density at radius 2 is 2.12 bits per heavy atom. The third kappa shape index (κ3) is 2.68. The van der Waals surface area contributed by atoms with E-state index in [2.05, 4.69) is 6.07 Å². The predicted octanol–water partition coefficient (Wildman–Crippen LogP) is 2.98. The normalized spacial score (nSPS) is 12.4. The topological polar surface area (TPSA) is 48.4 Å². The van der Waals surface area contributed by atoms with Gasteiger partial charge in [-0.25, -0.2) is 0 Å². The molecule has 0 aliphatic carbocycles. The molecule has 1 aromatic heterocycles. The molecule has 90 valence electrons. The van der Waals surface area contributed by atoms with Gasteiger partial charge < -0.3 is 14.9 Å². The Bertz CT molecular complexity index is 477. The van der Waals surface area contributed by atoms with Crippen LogP contribution < -0.4 is 10.5 Å².